The fourth-order valence-electron chi connectivity index (χ4n) is 2.36. The van der Waals surface area contributed by atoms with Gasteiger partial charge in [0.15, 0.2) is 18.0 Å². The van der Waals surface area contributed by atoms with Gasteiger partial charge in [0.25, 0.3) is 0 Å². The van der Waals surface area contributed by atoms with Crippen LogP contribution in [0, 0.1) is 0 Å². The molecule has 0 spiro atoms. The molecular formula is C15H26O6Si. The van der Waals surface area contributed by atoms with Gasteiger partial charge in [-0.2, -0.15) is 0 Å². The van der Waals surface area contributed by atoms with Crippen LogP contribution in [0.25, 0.3) is 0 Å². The summed E-state index contributed by atoms with van der Waals surface area (Å²) in [6.07, 6.45) is 0.359. The third-order valence-electron chi connectivity index (χ3n) is 3.06. The van der Waals surface area contributed by atoms with Gasteiger partial charge in [-0.05, 0) is 33.5 Å². The molecule has 0 aliphatic carbocycles. The number of rotatable bonds is 6. The average molecular weight is 330 g/mol. The molecule has 3 atom stereocenters. The molecule has 22 heavy (non-hydrogen) atoms. The van der Waals surface area contributed by atoms with Crippen molar-refractivity contribution in [1.82, 2.24) is 0 Å². The molecule has 0 unspecified atom stereocenters. The monoisotopic (exact) mass is 330 g/mol. The minimum Gasteiger partial charge on any atom is -0.517 e. The minimum atomic E-state index is -1.88. The van der Waals surface area contributed by atoms with E-state index in [9.17, 15) is 0 Å². The van der Waals surface area contributed by atoms with E-state index in [1.807, 2.05) is 13.8 Å². The van der Waals surface area contributed by atoms with Gasteiger partial charge in [0.1, 0.15) is 6.61 Å². The van der Waals surface area contributed by atoms with Gasteiger partial charge in [0.2, 0.25) is 20.4 Å². The maximum absolute atomic E-state index is 6.03. The van der Waals surface area contributed by atoms with E-state index < -0.39 is 26.5 Å². The van der Waals surface area contributed by atoms with Gasteiger partial charge < -0.3 is 28.1 Å². The fraction of sp³-hybridized carbons (Fsp3) is 0.733. The van der Waals surface area contributed by atoms with Crippen LogP contribution in [0.2, 0.25) is 19.6 Å². The Morgan fingerprint density at radius 2 is 2.00 bits per heavy atom. The molecule has 0 aromatic heterocycles. The summed E-state index contributed by atoms with van der Waals surface area (Å²) in [5.74, 6) is 0.130. The van der Waals surface area contributed by atoms with Crippen LogP contribution >= 0.6 is 0 Å². The number of methoxy groups -OCH3 is 1. The molecule has 0 aromatic rings. The molecule has 2 fully saturated rings. The van der Waals surface area contributed by atoms with E-state index in [0.29, 0.717) is 18.3 Å². The molecule has 0 amide bonds. The van der Waals surface area contributed by atoms with E-state index >= 15 is 0 Å². The maximum atomic E-state index is 6.03. The summed E-state index contributed by atoms with van der Waals surface area (Å²) in [6, 6.07) is 0. The first-order valence-electron chi connectivity index (χ1n) is 7.39. The highest BCUT2D eigenvalue weighted by Gasteiger charge is 2.56. The lowest BCUT2D eigenvalue weighted by atomic mass is 10.2. The van der Waals surface area contributed by atoms with Crippen LogP contribution in [0.5, 0.6) is 0 Å². The Morgan fingerprint density at radius 1 is 1.32 bits per heavy atom. The Kier molecular flexibility index (Phi) is 4.91. The van der Waals surface area contributed by atoms with Gasteiger partial charge in [-0.1, -0.05) is 12.7 Å². The van der Waals surface area contributed by atoms with Crippen molar-refractivity contribution >= 4 is 8.32 Å². The highest BCUT2D eigenvalue weighted by atomic mass is 28.4. The summed E-state index contributed by atoms with van der Waals surface area (Å²) in [5.41, 5.74) is 0. The summed E-state index contributed by atoms with van der Waals surface area (Å²) in [7, 11) is -0.312. The van der Waals surface area contributed by atoms with Crippen LogP contribution in [-0.4, -0.2) is 46.3 Å². The largest absolute Gasteiger partial charge is 0.517 e. The van der Waals surface area contributed by atoms with Crippen molar-refractivity contribution in [1.29, 1.82) is 0 Å². The maximum Gasteiger partial charge on any atom is 0.308 e. The van der Waals surface area contributed by atoms with Gasteiger partial charge in [-0.15, -0.1) is 0 Å². The quantitative estimate of drug-likeness (QED) is 0.424. The van der Waals surface area contributed by atoms with Crippen molar-refractivity contribution < 1.29 is 28.1 Å². The lowest BCUT2D eigenvalue weighted by Gasteiger charge is -2.25. The van der Waals surface area contributed by atoms with Gasteiger partial charge in [-0.25, -0.2) is 0 Å². The second-order valence-corrected chi connectivity index (χ2v) is 11.1. The Bertz CT molecular complexity index is 453. The summed E-state index contributed by atoms with van der Waals surface area (Å²) >= 11 is 0. The third-order valence-corrected chi connectivity index (χ3v) is 3.86. The predicted molar refractivity (Wildman–Crippen MR) is 83.3 cm³/mol. The molecule has 2 rings (SSSR count). The zero-order valence-corrected chi connectivity index (χ0v) is 15.2. The van der Waals surface area contributed by atoms with Gasteiger partial charge in [-0.3, -0.25) is 0 Å². The number of fused-ring (bicyclic) bond motifs is 1. The van der Waals surface area contributed by atoms with Gasteiger partial charge in [0, 0.05) is 7.11 Å². The molecule has 0 saturated carbocycles. The molecule has 2 heterocycles. The normalized spacial score (nSPS) is 32.2. The number of hydrogen-bond acceptors (Lipinski definition) is 6. The van der Waals surface area contributed by atoms with E-state index in [1.165, 1.54) is 0 Å². The Balaban J connectivity index is 2.33. The van der Waals surface area contributed by atoms with Gasteiger partial charge >= 0.3 is 5.95 Å². The molecule has 7 heteroatoms. The zero-order valence-electron chi connectivity index (χ0n) is 14.2. The number of ether oxygens (including phenoxy) is 5. The van der Waals surface area contributed by atoms with Crippen molar-refractivity contribution in [2.45, 2.75) is 57.8 Å². The molecule has 2 aliphatic heterocycles. The fourth-order valence-corrected chi connectivity index (χ4v) is 3.08. The Hall–Kier alpha value is -1.02. The molecule has 2 saturated heterocycles. The van der Waals surface area contributed by atoms with E-state index in [4.69, 9.17) is 28.1 Å². The van der Waals surface area contributed by atoms with E-state index in [1.54, 1.807) is 13.2 Å². The molecule has 0 aromatic carbocycles. The highest BCUT2D eigenvalue weighted by Crippen LogP contribution is 2.42. The minimum absolute atomic E-state index is 0.325. The van der Waals surface area contributed by atoms with Crippen LogP contribution < -0.4 is 0 Å². The first kappa shape index (κ1) is 17.3. The molecule has 6 nitrogen and oxygen atoms in total. The van der Waals surface area contributed by atoms with Crippen molar-refractivity contribution in [2.75, 3.05) is 13.7 Å². The highest BCUT2D eigenvalue weighted by molar-refractivity contribution is 6.70. The molecule has 126 valence electrons. The first-order chi connectivity index (χ1) is 10.2. The lowest BCUT2D eigenvalue weighted by molar-refractivity contribution is -0.203. The molecular weight excluding hydrogens is 304 g/mol. The molecule has 2 aliphatic rings. The summed E-state index contributed by atoms with van der Waals surface area (Å²) in [5, 5.41) is 0. The van der Waals surface area contributed by atoms with E-state index in [-0.39, 0.29) is 6.10 Å². The van der Waals surface area contributed by atoms with Crippen molar-refractivity contribution in [3.63, 3.8) is 0 Å². The van der Waals surface area contributed by atoms with Crippen LogP contribution in [0.4, 0.5) is 0 Å². The van der Waals surface area contributed by atoms with Crippen LogP contribution in [0.15, 0.2) is 24.4 Å². The Labute approximate surface area is 133 Å². The smallest absolute Gasteiger partial charge is 0.308 e. The molecule has 0 radical (unpaired) electrons. The number of hydrogen-bond donors (Lipinski definition) is 0. The van der Waals surface area contributed by atoms with Gasteiger partial charge in [0.05, 0.1) is 0 Å². The van der Waals surface area contributed by atoms with Crippen LogP contribution in [-0.2, 0) is 28.1 Å². The van der Waals surface area contributed by atoms with Crippen molar-refractivity contribution in [2.24, 2.45) is 0 Å². The van der Waals surface area contributed by atoms with E-state index in [2.05, 4.69) is 26.2 Å². The van der Waals surface area contributed by atoms with Crippen molar-refractivity contribution in [3.05, 3.63) is 24.4 Å². The SMILES string of the molecule is C=CCO/C(O[Si](C)(C)C)=C1/O[C@@H](OC)[C@@H]2OC(C)(C)O[C@H]12. The second kappa shape index (κ2) is 6.23. The Morgan fingerprint density at radius 3 is 2.55 bits per heavy atom. The topological polar surface area (TPSA) is 55.4 Å². The summed E-state index contributed by atoms with van der Waals surface area (Å²) < 4.78 is 34.7. The van der Waals surface area contributed by atoms with Crippen LogP contribution in [0.1, 0.15) is 13.8 Å². The predicted octanol–water partition coefficient (Wildman–Crippen LogP) is 2.73. The summed E-state index contributed by atoms with van der Waals surface area (Å²) in [4.78, 5) is 0. The third kappa shape index (κ3) is 3.84. The first-order valence-corrected chi connectivity index (χ1v) is 10.8. The molecule has 0 N–H and O–H groups in total. The molecule has 0 bridgehead atoms. The lowest BCUT2D eigenvalue weighted by Crippen LogP contribution is -2.30. The summed E-state index contributed by atoms with van der Waals surface area (Å²) in [6.45, 7) is 13.9. The average Bonchev–Trinajstić information content (AvgIpc) is 2.86. The zero-order chi connectivity index (χ0) is 16.5. The van der Waals surface area contributed by atoms with E-state index in [0.717, 1.165) is 0 Å². The van der Waals surface area contributed by atoms with Crippen LogP contribution in [0.3, 0.4) is 0 Å². The van der Waals surface area contributed by atoms with Crippen molar-refractivity contribution in [3.8, 4) is 0 Å². The standard InChI is InChI=1S/C15H26O6Si/c1-8-9-17-14(21-22(5,6)7)11-10-12(13(16-4)18-11)20-15(2,3)19-10/h8,10,12-13H,1,9H2,2-7H3/b14-11-/t10-,12-,13-/m1/s1. The second-order valence-electron chi connectivity index (χ2n) is 6.71.